The summed E-state index contributed by atoms with van der Waals surface area (Å²) >= 11 is 3.60. The first-order chi connectivity index (χ1) is 7.07. The Morgan fingerprint density at radius 3 is 2.87 bits per heavy atom. The van der Waals surface area contributed by atoms with Crippen LogP contribution < -0.4 is 5.32 Å². The summed E-state index contributed by atoms with van der Waals surface area (Å²) in [4.78, 5) is 0. The fraction of sp³-hybridized carbons (Fsp3) is 0.727. The molecule has 2 rings (SSSR count). The van der Waals surface area contributed by atoms with Crippen LogP contribution in [0.25, 0.3) is 0 Å². The van der Waals surface area contributed by atoms with Crippen LogP contribution in [0.2, 0.25) is 0 Å². The highest BCUT2D eigenvalue weighted by molar-refractivity contribution is 9.10. The van der Waals surface area contributed by atoms with Gasteiger partial charge in [-0.15, -0.1) is 0 Å². The van der Waals surface area contributed by atoms with Gasteiger partial charge < -0.3 is 5.32 Å². The number of aryl methyl sites for hydroxylation is 1. The normalized spacial score (nSPS) is 31.1. The van der Waals surface area contributed by atoms with Crippen molar-refractivity contribution >= 4 is 15.9 Å². The van der Waals surface area contributed by atoms with Gasteiger partial charge in [-0.25, -0.2) is 0 Å². The van der Waals surface area contributed by atoms with E-state index in [1.54, 1.807) is 0 Å². The molecule has 0 saturated heterocycles. The number of nitrogens with one attached hydrogen (secondary N) is 1. The Morgan fingerprint density at radius 2 is 2.40 bits per heavy atom. The Kier molecular flexibility index (Phi) is 2.90. The van der Waals surface area contributed by atoms with E-state index in [4.69, 9.17) is 0 Å². The molecule has 1 saturated carbocycles. The summed E-state index contributed by atoms with van der Waals surface area (Å²) in [5, 5.41) is 7.68. The first-order valence-electron chi connectivity index (χ1n) is 5.42. The molecule has 4 heteroatoms. The Hall–Kier alpha value is -0.350. The van der Waals surface area contributed by atoms with E-state index in [1.165, 1.54) is 25.0 Å². The van der Waals surface area contributed by atoms with Crippen molar-refractivity contribution in [2.24, 2.45) is 7.05 Å². The first kappa shape index (κ1) is 11.1. The molecule has 1 aromatic heterocycles. The molecule has 2 atom stereocenters. The maximum absolute atomic E-state index is 4.31. The number of aromatic nitrogens is 2. The Morgan fingerprint density at radius 1 is 1.67 bits per heavy atom. The standard InChI is InChI=1S/C11H18BrN3/c1-11(5-4-8(6-11)13-2)10-9(12)7-14-15(10)3/h7-8,13H,4-6H2,1-3H3. The van der Waals surface area contributed by atoms with Gasteiger partial charge in [-0.1, -0.05) is 6.92 Å². The molecule has 0 bridgehead atoms. The predicted octanol–water partition coefficient (Wildman–Crippen LogP) is 2.21. The van der Waals surface area contributed by atoms with E-state index in [0.717, 1.165) is 4.47 Å². The maximum atomic E-state index is 4.31. The maximum Gasteiger partial charge on any atom is 0.0635 e. The van der Waals surface area contributed by atoms with Crippen LogP contribution in [-0.2, 0) is 12.5 Å². The van der Waals surface area contributed by atoms with Gasteiger partial charge in [0.25, 0.3) is 0 Å². The summed E-state index contributed by atoms with van der Waals surface area (Å²) in [6.45, 7) is 2.34. The van der Waals surface area contributed by atoms with Crippen molar-refractivity contribution in [2.75, 3.05) is 7.05 Å². The smallest absolute Gasteiger partial charge is 0.0635 e. The van der Waals surface area contributed by atoms with Gasteiger partial charge in [-0.2, -0.15) is 5.10 Å². The van der Waals surface area contributed by atoms with Gasteiger partial charge in [0.1, 0.15) is 0 Å². The highest BCUT2D eigenvalue weighted by atomic mass is 79.9. The van der Waals surface area contributed by atoms with Gasteiger partial charge in [-0.05, 0) is 42.2 Å². The van der Waals surface area contributed by atoms with E-state index < -0.39 is 0 Å². The highest BCUT2D eigenvalue weighted by Crippen LogP contribution is 2.43. The number of nitrogens with zero attached hydrogens (tertiary/aromatic N) is 2. The molecular formula is C11H18BrN3. The molecule has 0 aliphatic heterocycles. The Bertz CT molecular complexity index is 341. The molecular weight excluding hydrogens is 254 g/mol. The zero-order valence-corrected chi connectivity index (χ0v) is 11.1. The van der Waals surface area contributed by atoms with Crippen LogP contribution in [0.3, 0.4) is 0 Å². The Labute approximate surface area is 99.4 Å². The summed E-state index contributed by atoms with van der Waals surface area (Å²) in [6, 6.07) is 0.650. The van der Waals surface area contributed by atoms with Crippen LogP contribution in [0, 0.1) is 0 Å². The van der Waals surface area contributed by atoms with Crippen molar-refractivity contribution in [3.8, 4) is 0 Å². The summed E-state index contributed by atoms with van der Waals surface area (Å²) < 4.78 is 3.14. The van der Waals surface area contributed by atoms with Gasteiger partial charge in [0, 0.05) is 18.5 Å². The molecule has 15 heavy (non-hydrogen) atoms. The number of hydrogen-bond acceptors (Lipinski definition) is 2. The molecule has 1 fully saturated rings. The summed E-state index contributed by atoms with van der Waals surface area (Å²) in [5.74, 6) is 0. The zero-order valence-electron chi connectivity index (χ0n) is 9.55. The third-order valence-electron chi connectivity index (χ3n) is 3.62. The molecule has 0 amide bonds. The van der Waals surface area contributed by atoms with E-state index in [-0.39, 0.29) is 5.41 Å². The fourth-order valence-corrected chi connectivity index (χ4v) is 3.62. The zero-order chi connectivity index (χ0) is 11.1. The summed E-state index contributed by atoms with van der Waals surface area (Å²) in [6.07, 6.45) is 5.58. The molecule has 0 aromatic carbocycles. The average Bonchev–Trinajstić information content (AvgIpc) is 2.72. The van der Waals surface area contributed by atoms with Gasteiger partial charge in [0.15, 0.2) is 0 Å². The lowest BCUT2D eigenvalue weighted by atomic mass is 9.85. The largest absolute Gasteiger partial charge is 0.317 e. The highest BCUT2D eigenvalue weighted by Gasteiger charge is 2.39. The van der Waals surface area contributed by atoms with Crippen LogP contribution in [0.5, 0.6) is 0 Å². The minimum absolute atomic E-state index is 0.262. The second-order valence-corrected chi connectivity index (χ2v) is 5.61. The lowest BCUT2D eigenvalue weighted by Gasteiger charge is -2.25. The second-order valence-electron chi connectivity index (χ2n) is 4.75. The predicted molar refractivity (Wildman–Crippen MR) is 65.0 cm³/mol. The van der Waals surface area contributed by atoms with Crippen molar-refractivity contribution in [1.29, 1.82) is 0 Å². The third kappa shape index (κ3) is 1.85. The minimum atomic E-state index is 0.262. The van der Waals surface area contributed by atoms with E-state index in [9.17, 15) is 0 Å². The quantitative estimate of drug-likeness (QED) is 0.894. The van der Waals surface area contributed by atoms with Crippen LogP contribution in [-0.4, -0.2) is 22.9 Å². The van der Waals surface area contributed by atoms with Crippen molar-refractivity contribution < 1.29 is 0 Å². The van der Waals surface area contributed by atoms with Crippen molar-refractivity contribution in [3.63, 3.8) is 0 Å². The Balaban J connectivity index is 2.31. The van der Waals surface area contributed by atoms with Crippen LogP contribution >= 0.6 is 15.9 Å². The molecule has 1 aliphatic rings. The average molecular weight is 272 g/mol. The van der Waals surface area contributed by atoms with Crippen LogP contribution in [0.1, 0.15) is 31.9 Å². The van der Waals surface area contributed by atoms with Crippen molar-refractivity contribution in [2.45, 2.75) is 37.6 Å². The summed E-state index contributed by atoms with van der Waals surface area (Å²) in [5.41, 5.74) is 1.60. The SMILES string of the molecule is CNC1CCC(C)(c2c(Br)cnn2C)C1. The fourth-order valence-electron chi connectivity index (χ4n) is 2.79. The molecule has 2 unspecified atom stereocenters. The van der Waals surface area contributed by atoms with Gasteiger partial charge in [-0.3, -0.25) is 4.68 Å². The third-order valence-corrected chi connectivity index (χ3v) is 4.20. The number of hydrogen-bond donors (Lipinski definition) is 1. The van der Waals surface area contributed by atoms with Crippen molar-refractivity contribution in [1.82, 2.24) is 15.1 Å². The molecule has 1 heterocycles. The van der Waals surface area contributed by atoms with E-state index >= 15 is 0 Å². The molecule has 1 aromatic rings. The number of rotatable bonds is 2. The van der Waals surface area contributed by atoms with Crippen molar-refractivity contribution in [3.05, 3.63) is 16.4 Å². The molecule has 84 valence electrons. The summed E-state index contributed by atoms with van der Waals surface area (Å²) in [7, 11) is 4.08. The van der Waals surface area contributed by atoms with Crippen LogP contribution in [0.15, 0.2) is 10.7 Å². The van der Waals surface area contributed by atoms with Crippen LogP contribution in [0.4, 0.5) is 0 Å². The monoisotopic (exact) mass is 271 g/mol. The van der Waals surface area contributed by atoms with Gasteiger partial charge in [0.05, 0.1) is 16.4 Å². The topological polar surface area (TPSA) is 29.9 Å². The van der Waals surface area contributed by atoms with Gasteiger partial charge in [0.2, 0.25) is 0 Å². The minimum Gasteiger partial charge on any atom is -0.317 e. The van der Waals surface area contributed by atoms with E-state index in [0.29, 0.717) is 6.04 Å². The molecule has 3 nitrogen and oxygen atoms in total. The second kappa shape index (κ2) is 3.91. The lowest BCUT2D eigenvalue weighted by molar-refractivity contribution is 0.430. The molecule has 0 radical (unpaired) electrons. The lowest BCUT2D eigenvalue weighted by Crippen LogP contribution is -2.27. The first-order valence-corrected chi connectivity index (χ1v) is 6.21. The molecule has 1 N–H and O–H groups in total. The molecule has 1 aliphatic carbocycles. The number of halogens is 1. The van der Waals surface area contributed by atoms with E-state index in [1.807, 2.05) is 17.9 Å². The van der Waals surface area contributed by atoms with E-state index in [2.05, 4.69) is 40.3 Å². The molecule has 0 spiro atoms. The van der Waals surface area contributed by atoms with Gasteiger partial charge >= 0.3 is 0 Å².